The lowest BCUT2D eigenvalue weighted by molar-refractivity contribution is -0.147. The van der Waals surface area contributed by atoms with Gasteiger partial charge in [0.25, 0.3) is 0 Å². The van der Waals surface area contributed by atoms with Crippen LogP contribution in [0.25, 0.3) is 0 Å². The summed E-state index contributed by atoms with van der Waals surface area (Å²) >= 11 is 0. The first-order chi connectivity index (χ1) is 11.3. The maximum atomic E-state index is 11.3. The molecular formula is C21H32O3. The Balaban J connectivity index is 1.59. The first-order valence-electron chi connectivity index (χ1n) is 9.89. The summed E-state index contributed by atoms with van der Waals surface area (Å²) in [5.41, 5.74) is 0.400. The van der Waals surface area contributed by atoms with Gasteiger partial charge in [0.05, 0.1) is 6.10 Å². The third kappa shape index (κ3) is 2.30. The molecule has 0 radical (unpaired) electrons. The molecule has 0 aromatic heterocycles. The molecule has 4 rings (SSSR count). The summed E-state index contributed by atoms with van der Waals surface area (Å²) in [6.07, 6.45) is 12.5. The molecule has 24 heavy (non-hydrogen) atoms. The number of ether oxygens (including phenoxy) is 1. The van der Waals surface area contributed by atoms with Crippen LogP contribution in [0.2, 0.25) is 0 Å². The molecule has 1 unspecified atom stereocenters. The third-order valence-corrected chi connectivity index (χ3v) is 8.42. The van der Waals surface area contributed by atoms with E-state index in [1.807, 2.05) is 0 Å². The Kier molecular flexibility index (Phi) is 3.87. The van der Waals surface area contributed by atoms with Crippen LogP contribution in [0, 0.1) is 34.5 Å². The fraction of sp³-hybridized carbons (Fsp3) is 0.857. The van der Waals surface area contributed by atoms with E-state index in [2.05, 4.69) is 26.0 Å². The molecule has 0 spiro atoms. The van der Waals surface area contributed by atoms with Gasteiger partial charge in [-0.3, -0.25) is 4.79 Å². The molecule has 3 fully saturated rings. The van der Waals surface area contributed by atoms with Gasteiger partial charge in [-0.2, -0.15) is 0 Å². The summed E-state index contributed by atoms with van der Waals surface area (Å²) in [4.78, 5) is 11.3. The van der Waals surface area contributed by atoms with Crippen molar-refractivity contribution in [3.8, 4) is 0 Å². The lowest BCUT2D eigenvalue weighted by atomic mass is 9.46. The normalized spacial score (nSPS) is 53.0. The smallest absolute Gasteiger partial charge is 0.303 e. The molecule has 0 aromatic carbocycles. The maximum absolute atomic E-state index is 11.3. The molecule has 0 aromatic rings. The van der Waals surface area contributed by atoms with Crippen LogP contribution >= 0.6 is 0 Å². The highest BCUT2D eigenvalue weighted by Crippen LogP contribution is 2.65. The van der Waals surface area contributed by atoms with Crippen molar-refractivity contribution in [2.24, 2.45) is 34.5 Å². The molecule has 3 heteroatoms. The number of allylic oxidation sites excluding steroid dienone is 1. The minimum absolute atomic E-state index is 0.0284. The predicted molar refractivity (Wildman–Crippen MR) is 93.2 cm³/mol. The minimum atomic E-state index is -0.171. The number of aliphatic hydroxyl groups excluding tert-OH is 1. The lowest BCUT2D eigenvalue weighted by Crippen LogP contribution is -2.53. The summed E-state index contributed by atoms with van der Waals surface area (Å²) in [6, 6.07) is 0. The maximum Gasteiger partial charge on any atom is 0.303 e. The number of hydrogen-bond acceptors (Lipinski definition) is 3. The van der Waals surface area contributed by atoms with Crippen LogP contribution < -0.4 is 0 Å². The van der Waals surface area contributed by atoms with Crippen molar-refractivity contribution in [3.63, 3.8) is 0 Å². The standard InChI is InChI=1S/C21H32O3/c1-13(22)24-15-8-10-20(2)14(12-15)4-5-16-17-6-7-19(23)21(17,3)11-9-18(16)20/h8,10,14-19,23H,4-7,9,11-12H2,1-3H3/t14?,15-,16-,17-,18-,19-,20-,21-/m0/s1. The number of aliphatic hydroxyl groups is 1. The summed E-state index contributed by atoms with van der Waals surface area (Å²) in [5.74, 6) is 2.65. The zero-order valence-electron chi connectivity index (χ0n) is 15.3. The van der Waals surface area contributed by atoms with Crippen molar-refractivity contribution >= 4 is 5.97 Å². The molecule has 0 bridgehead atoms. The molecule has 134 valence electrons. The molecule has 3 saturated carbocycles. The predicted octanol–water partition coefficient (Wildman–Crippen LogP) is 4.10. The van der Waals surface area contributed by atoms with Crippen LogP contribution in [0.5, 0.6) is 0 Å². The number of rotatable bonds is 1. The molecule has 3 nitrogen and oxygen atoms in total. The van der Waals surface area contributed by atoms with Gasteiger partial charge >= 0.3 is 5.97 Å². The highest BCUT2D eigenvalue weighted by Gasteiger charge is 2.59. The zero-order valence-corrected chi connectivity index (χ0v) is 15.3. The molecule has 4 aliphatic carbocycles. The second-order valence-electron chi connectivity index (χ2n) is 9.40. The Morgan fingerprint density at radius 3 is 2.67 bits per heavy atom. The minimum Gasteiger partial charge on any atom is -0.458 e. The molecule has 0 aliphatic heterocycles. The quantitative estimate of drug-likeness (QED) is 0.581. The Morgan fingerprint density at radius 2 is 1.92 bits per heavy atom. The van der Waals surface area contributed by atoms with E-state index in [1.165, 1.54) is 39.0 Å². The lowest BCUT2D eigenvalue weighted by Gasteiger charge is -2.59. The van der Waals surface area contributed by atoms with Gasteiger partial charge in [0.1, 0.15) is 6.10 Å². The van der Waals surface area contributed by atoms with E-state index in [0.29, 0.717) is 11.8 Å². The van der Waals surface area contributed by atoms with Crippen LogP contribution in [0.3, 0.4) is 0 Å². The van der Waals surface area contributed by atoms with E-state index >= 15 is 0 Å². The van der Waals surface area contributed by atoms with Gasteiger partial charge in [0.15, 0.2) is 0 Å². The van der Waals surface area contributed by atoms with Crippen LogP contribution in [0.15, 0.2) is 12.2 Å². The van der Waals surface area contributed by atoms with Gasteiger partial charge in [-0.1, -0.05) is 19.9 Å². The molecule has 4 aliphatic rings. The average Bonchev–Trinajstić information content (AvgIpc) is 2.83. The van der Waals surface area contributed by atoms with Crippen molar-refractivity contribution < 1.29 is 14.6 Å². The van der Waals surface area contributed by atoms with Crippen molar-refractivity contribution in [1.29, 1.82) is 0 Å². The van der Waals surface area contributed by atoms with Crippen molar-refractivity contribution in [2.45, 2.75) is 77.9 Å². The summed E-state index contributed by atoms with van der Waals surface area (Å²) in [5, 5.41) is 10.5. The zero-order chi connectivity index (χ0) is 17.1. The van der Waals surface area contributed by atoms with Crippen LogP contribution in [0.4, 0.5) is 0 Å². The number of hydrogen-bond donors (Lipinski definition) is 1. The van der Waals surface area contributed by atoms with Gasteiger partial charge in [0.2, 0.25) is 0 Å². The van der Waals surface area contributed by atoms with Crippen molar-refractivity contribution in [1.82, 2.24) is 0 Å². The monoisotopic (exact) mass is 332 g/mol. The van der Waals surface area contributed by atoms with Crippen molar-refractivity contribution in [2.75, 3.05) is 0 Å². The fourth-order valence-corrected chi connectivity index (χ4v) is 7.05. The Labute approximate surface area is 145 Å². The largest absolute Gasteiger partial charge is 0.458 e. The van der Waals surface area contributed by atoms with Crippen LogP contribution in [0.1, 0.15) is 65.7 Å². The van der Waals surface area contributed by atoms with E-state index in [0.717, 1.165) is 24.7 Å². The van der Waals surface area contributed by atoms with E-state index in [4.69, 9.17) is 4.74 Å². The van der Waals surface area contributed by atoms with Crippen molar-refractivity contribution in [3.05, 3.63) is 12.2 Å². The number of carbonyl (C=O) groups excluding carboxylic acids is 1. The third-order valence-electron chi connectivity index (χ3n) is 8.42. The summed E-state index contributed by atoms with van der Waals surface area (Å²) in [7, 11) is 0. The first-order valence-corrected chi connectivity index (χ1v) is 9.89. The topological polar surface area (TPSA) is 46.5 Å². The fourth-order valence-electron chi connectivity index (χ4n) is 7.05. The van der Waals surface area contributed by atoms with Crippen LogP contribution in [-0.2, 0) is 9.53 Å². The van der Waals surface area contributed by atoms with Gasteiger partial charge in [0, 0.05) is 6.92 Å². The summed E-state index contributed by atoms with van der Waals surface area (Å²) in [6.45, 7) is 6.29. The molecule has 0 saturated heterocycles. The Hall–Kier alpha value is -0.830. The molecule has 0 heterocycles. The van der Waals surface area contributed by atoms with Gasteiger partial charge in [-0.15, -0.1) is 0 Å². The Morgan fingerprint density at radius 1 is 1.12 bits per heavy atom. The van der Waals surface area contributed by atoms with Gasteiger partial charge < -0.3 is 9.84 Å². The number of carbonyl (C=O) groups is 1. The van der Waals surface area contributed by atoms with E-state index in [9.17, 15) is 9.90 Å². The van der Waals surface area contributed by atoms with Gasteiger partial charge in [-0.05, 0) is 85.5 Å². The molecule has 0 amide bonds. The second-order valence-corrected chi connectivity index (χ2v) is 9.40. The highest BCUT2D eigenvalue weighted by atomic mass is 16.5. The van der Waals surface area contributed by atoms with Gasteiger partial charge in [-0.25, -0.2) is 0 Å². The Bertz CT molecular complexity index is 555. The average molecular weight is 332 g/mol. The SMILES string of the molecule is CC(=O)O[C@H]1C=C[C@@]2(C)C(CC[C@H]3[C@@H]4CC[C@H](O)[C@@]4(C)CC[C@@H]32)C1. The number of esters is 1. The molecule has 8 atom stereocenters. The number of fused-ring (bicyclic) bond motifs is 5. The highest BCUT2D eigenvalue weighted by molar-refractivity contribution is 5.66. The van der Waals surface area contributed by atoms with Crippen LogP contribution in [-0.4, -0.2) is 23.3 Å². The second kappa shape index (κ2) is 5.59. The van der Waals surface area contributed by atoms with E-state index < -0.39 is 0 Å². The van der Waals surface area contributed by atoms with E-state index in [1.54, 1.807) is 0 Å². The summed E-state index contributed by atoms with van der Waals surface area (Å²) < 4.78 is 5.46. The van der Waals surface area contributed by atoms with E-state index in [-0.39, 0.29) is 29.0 Å². The molecule has 1 N–H and O–H groups in total. The first kappa shape index (κ1) is 16.6. The molecular weight excluding hydrogens is 300 g/mol.